The molecule has 0 radical (unpaired) electrons. The topological polar surface area (TPSA) is 64.4 Å². The van der Waals surface area contributed by atoms with Gasteiger partial charge in [-0.25, -0.2) is 0 Å². The Morgan fingerprint density at radius 1 is 1.14 bits per heavy atom. The molecule has 21 heavy (non-hydrogen) atoms. The molecule has 0 saturated carbocycles. The van der Waals surface area contributed by atoms with Gasteiger partial charge in [0.05, 0.1) is 6.04 Å². The SMILES string of the molecule is C#CCC(N)C(=O)Nc1ccc(Oc2ccccc2)cc1. The predicted molar refractivity (Wildman–Crippen MR) is 83.0 cm³/mol. The van der Waals surface area contributed by atoms with Crippen LogP contribution >= 0.6 is 0 Å². The summed E-state index contributed by atoms with van der Waals surface area (Å²) in [6.45, 7) is 0. The van der Waals surface area contributed by atoms with Gasteiger partial charge in [-0.1, -0.05) is 18.2 Å². The molecule has 2 aromatic carbocycles. The maximum Gasteiger partial charge on any atom is 0.242 e. The van der Waals surface area contributed by atoms with E-state index in [1.165, 1.54) is 0 Å². The lowest BCUT2D eigenvalue weighted by Gasteiger charge is -2.10. The number of nitrogens with one attached hydrogen (secondary N) is 1. The third-order valence-corrected chi connectivity index (χ3v) is 2.78. The van der Waals surface area contributed by atoms with Gasteiger partial charge in [0.2, 0.25) is 5.91 Å². The first-order chi connectivity index (χ1) is 10.2. The van der Waals surface area contributed by atoms with E-state index >= 15 is 0 Å². The van der Waals surface area contributed by atoms with Crippen molar-refractivity contribution in [2.45, 2.75) is 12.5 Å². The Labute approximate surface area is 123 Å². The first kappa shape index (κ1) is 14.6. The van der Waals surface area contributed by atoms with Crippen LogP contribution in [0.25, 0.3) is 0 Å². The Morgan fingerprint density at radius 2 is 1.76 bits per heavy atom. The molecule has 0 fully saturated rings. The van der Waals surface area contributed by atoms with Crippen molar-refractivity contribution in [1.82, 2.24) is 0 Å². The standard InChI is InChI=1S/C17H16N2O2/c1-2-6-16(18)17(20)19-13-9-11-15(12-10-13)21-14-7-4-3-5-8-14/h1,3-5,7-12,16H,6,18H2,(H,19,20). The van der Waals surface area contributed by atoms with Crippen molar-refractivity contribution in [3.8, 4) is 23.8 Å². The lowest BCUT2D eigenvalue weighted by molar-refractivity contribution is -0.117. The maximum absolute atomic E-state index is 11.7. The monoisotopic (exact) mass is 280 g/mol. The van der Waals surface area contributed by atoms with Gasteiger partial charge in [0.25, 0.3) is 0 Å². The van der Waals surface area contributed by atoms with Crippen molar-refractivity contribution in [3.63, 3.8) is 0 Å². The van der Waals surface area contributed by atoms with Crippen LogP contribution in [0.1, 0.15) is 6.42 Å². The Bertz CT molecular complexity index is 630. The fourth-order valence-electron chi connectivity index (χ4n) is 1.69. The number of terminal acetylenes is 1. The van der Waals surface area contributed by atoms with Gasteiger partial charge in [0.15, 0.2) is 0 Å². The minimum atomic E-state index is -0.699. The van der Waals surface area contributed by atoms with Crippen LogP contribution in [0.2, 0.25) is 0 Å². The highest BCUT2D eigenvalue weighted by Crippen LogP contribution is 2.22. The van der Waals surface area contributed by atoms with E-state index < -0.39 is 6.04 Å². The number of para-hydroxylation sites is 1. The summed E-state index contributed by atoms with van der Waals surface area (Å²) in [4.78, 5) is 11.7. The van der Waals surface area contributed by atoms with Crippen molar-refractivity contribution in [1.29, 1.82) is 0 Å². The second kappa shape index (κ2) is 7.13. The second-order valence-corrected chi connectivity index (χ2v) is 4.44. The lowest BCUT2D eigenvalue weighted by atomic mass is 10.2. The molecule has 0 aliphatic heterocycles. The Morgan fingerprint density at radius 3 is 2.38 bits per heavy atom. The van der Waals surface area contributed by atoms with Crippen molar-refractivity contribution in [3.05, 3.63) is 54.6 Å². The van der Waals surface area contributed by atoms with Crippen LogP contribution in [0, 0.1) is 12.3 Å². The van der Waals surface area contributed by atoms with Gasteiger partial charge in [-0.2, -0.15) is 0 Å². The molecule has 4 heteroatoms. The van der Waals surface area contributed by atoms with Gasteiger partial charge in [0, 0.05) is 12.1 Å². The van der Waals surface area contributed by atoms with E-state index in [2.05, 4.69) is 11.2 Å². The molecule has 2 aromatic rings. The zero-order valence-corrected chi connectivity index (χ0v) is 11.5. The summed E-state index contributed by atoms with van der Waals surface area (Å²) in [7, 11) is 0. The van der Waals surface area contributed by atoms with Crippen molar-refractivity contribution in [2.24, 2.45) is 5.73 Å². The molecule has 4 nitrogen and oxygen atoms in total. The smallest absolute Gasteiger partial charge is 0.242 e. The molecule has 1 amide bonds. The number of ether oxygens (including phenoxy) is 1. The number of rotatable bonds is 5. The number of carbonyl (C=O) groups excluding carboxylic acids is 1. The van der Waals surface area contributed by atoms with Gasteiger partial charge in [-0.15, -0.1) is 12.3 Å². The molecular weight excluding hydrogens is 264 g/mol. The summed E-state index contributed by atoms with van der Waals surface area (Å²) in [6.07, 6.45) is 5.34. The summed E-state index contributed by atoms with van der Waals surface area (Å²) < 4.78 is 5.66. The number of nitrogens with two attached hydrogens (primary N) is 1. The van der Waals surface area contributed by atoms with Gasteiger partial charge >= 0.3 is 0 Å². The third-order valence-electron chi connectivity index (χ3n) is 2.78. The third kappa shape index (κ3) is 4.37. The summed E-state index contributed by atoms with van der Waals surface area (Å²) in [6, 6.07) is 15.8. The molecule has 0 heterocycles. The van der Waals surface area contributed by atoms with Crippen LogP contribution in [0.5, 0.6) is 11.5 Å². The van der Waals surface area contributed by atoms with E-state index in [0.717, 1.165) is 5.75 Å². The molecule has 0 bridgehead atoms. The van der Waals surface area contributed by atoms with Crippen LogP contribution in [0.15, 0.2) is 54.6 Å². The summed E-state index contributed by atoms with van der Waals surface area (Å²) >= 11 is 0. The number of hydrogen-bond acceptors (Lipinski definition) is 3. The molecule has 0 aliphatic carbocycles. The van der Waals surface area contributed by atoms with Crippen LogP contribution in [-0.4, -0.2) is 11.9 Å². The number of hydrogen-bond donors (Lipinski definition) is 2. The van der Waals surface area contributed by atoms with Gasteiger partial charge in [-0.05, 0) is 36.4 Å². The first-order valence-corrected chi connectivity index (χ1v) is 6.52. The lowest BCUT2D eigenvalue weighted by Crippen LogP contribution is -2.35. The maximum atomic E-state index is 11.7. The molecule has 0 spiro atoms. The zero-order valence-electron chi connectivity index (χ0n) is 11.5. The molecule has 2 rings (SSSR count). The minimum Gasteiger partial charge on any atom is -0.457 e. The zero-order chi connectivity index (χ0) is 15.1. The second-order valence-electron chi connectivity index (χ2n) is 4.44. The average Bonchev–Trinajstić information content (AvgIpc) is 2.50. The van der Waals surface area contributed by atoms with E-state index in [4.69, 9.17) is 16.9 Å². The minimum absolute atomic E-state index is 0.209. The Hall–Kier alpha value is -2.77. The van der Waals surface area contributed by atoms with Crippen molar-refractivity contribution < 1.29 is 9.53 Å². The van der Waals surface area contributed by atoms with Crippen molar-refractivity contribution in [2.75, 3.05) is 5.32 Å². The highest BCUT2D eigenvalue weighted by Gasteiger charge is 2.11. The van der Waals surface area contributed by atoms with Crippen molar-refractivity contribution >= 4 is 11.6 Å². The fourth-order valence-corrected chi connectivity index (χ4v) is 1.69. The highest BCUT2D eigenvalue weighted by atomic mass is 16.5. The molecule has 1 atom stereocenters. The van der Waals surface area contributed by atoms with Gasteiger partial charge < -0.3 is 15.8 Å². The quantitative estimate of drug-likeness (QED) is 0.828. The summed E-state index contributed by atoms with van der Waals surface area (Å²) in [5.74, 6) is 3.51. The molecule has 0 aliphatic rings. The molecule has 1 unspecified atom stereocenters. The Balaban J connectivity index is 1.96. The number of carbonyl (C=O) groups is 1. The summed E-state index contributed by atoms with van der Waals surface area (Å²) in [5.41, 5.74) is 6.27. The van der Waals surface area contributed by atoms with E-state index in [-0.39, 0.29) is 12.3 Å². The van der Waals surface area contributed by atoms with Gasteiger partial charge in [0.1, 0.15) is 11.5 Å². The summed E-state index contributed by atoms with van der Waals surface area (Å²) in [5, 5.41) is 2.70. The van der Waals surface area contributed by atoms with Crippen LogP contribution in [0.3, 0.4) is 0 Å². The predicted octanol–water partition coefficient (Wildman–Crippen LogP) is 2.77. The number of anilines is 1. The van der Waals surface area contributed by atoms with E-state index in [9.17, 15) is 4.79 Å². The van der Waals surface area contributed by atoms with Crippen LogP contribution in [0.4, 0.5) is 5.69 Å². The molecular formula is C17H16N2O2. The Kier molecular flexibility index (Phi) is 4.97. The molecule has 3 N–H and O–H groups in total. The van der Waals surface area contributed by atoms with E-state index in [1.54, 1.807) is 24.3 Å². The number of amides is 1. The largest absolute Gasteiger partial charge is 0.457 e. The normalized spacial score (nSPS) is 11.2. The van der Waals surface area contributed by atoms with Gasteiger partial charge in [-0.3, -0.25) is 4.79 Å². The average molecular weight is 280 g/mol. The van der Waals surface area contributed by atoms with E-state index in [0.29, 0.717) is 11.4 Å². The highest BCUT2D eigenvalue weighted by molar-refractivity contribution is 5.94. The fraction of sp³-hybridized carbons (Fsp3) is 0.118. The first-order valence-electron chi connectivity index (χ1n) is 6.52. The molecule has 106 valence electrons. The van der Waals surface area contributed by atoms with Crippen LogP contribution in [-0.2, 0) is 4.79 Å². The van der Waals surface area contributed by atoms with E-state index in [1.807, 2.05) is 30.3 Å². The molecule has 0 aromatic heterocycles. The molecule has 0 saturated heterocycles. The number of benzene rings is 2. The van der Waals surface area contributed by atoms with Crippen LogP contribution < -0.4 is 15.8 Å².